The molecule has 2 fully saturated rings. The van der Waals surface area contributed by atoms with Crippen LogP contribution < -0.4 is 0 Å². The van der Waals surface area contributed by atoms with E-state index < -0.39 is 0 Å². The molecule has 0 aromatic heterocycles. The van der Waals surface area contributed by atoms with E-state index in [-0.39, 0.29) is 6.67 Å². The van der Waals surface area contributed by atoms with Crippen LogP contribution in [0.1, 0.15) is 83.5 Å². The molecule has 2 heteroatoms. The van der Waals surface area contributed by atoms with Gasteiger partial charge >= 0.3 is 0 Å². The van der Waals surface area contributed by atoms with Gasteiger partial charge in [0.2, 0.25) is 0 Å². The fourth-order valence-electron chi connectivity index (χ4n) is 4.49. The fourth-order valence-corrected chi connectivity index (χ4v) is 4.49. The van der Waals surface area contributed by atoms with E-state index in [2.05, 4.69) is 12.1 Å². The van der Waals surface area contributed by atoms with Crippen LogP contribution in [0.3, 0.4) is 0 Å². The second-order valence-corrected chi connectivity index (χ2v) is 7.84. The third-order valence-electron chi connectivity index (χ3n) is 6.16. The van der Waals surface area contributed by atoms with E-state index in [4.69, 9.17) is 5.26 Å². The molecular formula is C21H34FN. The molecule has 0 N–H and O–H groups in total. The fraction of sp³-hybridized carbons (Fsp3) is 0.857. The van der Waals surface area contributed by atoms with Gasteiger partial charge in [0.15, 0.2) is 0 Å². The molecule has 0 amide bonds. The van der Waals surface area contributed by atoms with Crippen LogP contribution in [0.4, 0.5) is 4.39 Å². The molecule has 0 unspecified atom stereocenters. The molecule has 0 aromatic carbocycles. The summed E-state index contributed by atoms with van der Waals surface area (Å²) in [7, 11) is 0. The molecular weight excluding hydrogens is 285 g/mol. The predicted molar refractivity (Wildman–Crippen MR) is 94.7 cm³/mol. The second-order valence-electron chi connectivity index (χ2n) is 7.84. The summed E-state index contributed by atoms with van der Waals surface area (Å²) in [6.45, 7) is -0.222. The molecule has 0 atom stereocenters. The predicted octanol–water partition coefficient (Wildman–Crippen LogP) is 6.60. The number of hydrogen-bond donors (Lipinski definition) is 0. The van der Waals surface area contributed by atoms with Gasteiger partial charge < -0.3 is 0 Å². The maximum Gasteiger partial charge on any atom is 0.0928 e. The quantitative estimate of drug-likeness (QED) is 0.462. The van der Waals surface area contributed by atoms with Gasteiger partial charge in [-0.3, -0.25) is 4.39 Å². The summed E-state index contributed by atoms with van der Waals surface area (Å²) in [4.78, 5) is 0. The van der Waals surface area contributed by atoms with E-state index in [1.165, 1.54) is 57.8 Å². The normalized spacial score (nSPS) is 32.0. The van der Waals surface area contributed by atoms with Crippen LogP contribution in [-0.2, 0) is 0 Å². The minimum Gasteiger partial charge on any atom is -0.251 e. The second kappa shape index (κ2) is 10.8. The Morgan fingerprint density at radius 3 is 1.74 bits per heavy atom. The number of halogens is 1. The van der Waals surface area contributed by atoms with Gasteiger partial charge in [0.1, 0.15) is 0 Å². The summed E-state index contributed by atoms with van der Waals surface area (Å²) in [6.07, 6.45) is 20.5. The molecule has 1 nitrogen and oxygen atoms in total. The molecule has 0 saturated heterocycles. The van der Waals surface area contributed by atoms with Gasteiger partial charge in [-0.05, 0) is 62.7 Å². The van der Waals surface area contributed by atoms with Gasteiger partial charge in [0.25, 0.3) is 0 Å². The van der Waals surface area contributed by atoms with Crippen molar-refractivity contribution in [3.63, 3.8) is 0 Å². The van der Waals surface area contributed by atoms with Gasteiger partial charge in [-0.15, -0.1) is 0 Å². The van der Waals surface area contributed by atoms with Gasteiger partial charge in [-0.25, -0.2) is 0 Å². The largest absolute Gasteiger partial charge is 0.251 e. The summed E-state index contributed by atoms with van der Waals surface area (Å²) in [5.74, 6) is 3.12. The summed E-state index contributed by atoms with van der Waals surface area (Å²) in [6, 6.07) is 2.44. The van der Waals surface area contributed by atoms with Gasteiger partial charge in [0, 0.05) is 5.92 Å². The first-order valence-corrected chi connectivity index (χ1v) is 9.92. The van der Waals surface area contributed by atoms with Gasteiger partial charge in [-0.2, -0.15) is 5.26 Å². The number of alkyl halides is 1. The molecule has 2 aliphatic rings. The lowest BCUT2D eigenvalue weighted by atomic mass is 9.75. The molecule has 23 heavy (non-hydrogen) atoms. The Morgan fingerprint density at radius 2 is 1.22 bits per heavy atom. The maximum atomic E-state index is 12.0. The smallest absolute Gasteiger partial charge is 0.0928 e. The zero-order valence-electron chi connectivity index (χ0n) is 14.7. The lowest BCUT2D eigenvalue weighted by Crippen LogP contribution is -2.17. The SMILES string of the molecule is N#C[C@H]1CC[C@H](CC[C@H]2CC[C@H](CCC=CCCF)CC2)CC1. The molecule has 0 aromatic rings. The third kappa shape index (κ3) is 7.06. The van der Waals surface area contributed by atoms with Crippen LogP contribution in [0.5, 0.6) is 0 Å². The van der Waals surface area contributed by atoms with Crippen LogP contribution in [0.2, 0.25) is 0 Å². The Bertz CT molecular complexity index is 368. The number of nitriles is 1. The van der Waals surface area contributed by atoms with E-state index in [1.54, 1.807) is 0 Å². The lowest BCUT2D eigenvalue weighted by Gasteiger charge is -2.30. The van der Waals surface area contributed by atoms with Crippen molar-refractivity contribution in [2.45, 2.75) is 83.5 Å². The molecule has 0 aliphatic heterocycles. The Hall–Kier alpha value is -0.840. The van der Waals surface area contributed by atoms with E-state index in [1.807, 2.05) is 6.08 Å². The number of rotatable bonds is 8. The number of hydrogen-bond acceptors (Lipinski definition) is 1. The number of nitrogens with zero attached hydrogens (tertiary/aromatic N) is 1. The highest BCUT2D eigenvalue weighted by molar-refractivity contribution is 4.87. The molecule has 2 rings (SSSR count). The molecule has 2 aliphatic carbocycles. The van der Waals surface area contributed by atoms with Crippen molar-refractivity contribution in [3.05, 3.63) is 12.2 Å². The minimum atomic E-state index is -0.222. The number of allylic oxidation sites excluding steroid dienone is 2. The van der Waals surface area contributed by atoms with E-state index in [0.717, 1.165) is 37.0 Å². The molecule has 130 valence electrons. The highest BCUT2D eigenvalue weighted by atomic mass is 19.1. The molecule has 0 spiro atoms. The zero-order chi connectivity index (χ0) is 16.3. The zero-order valence-corrected chi connectivity index (χ0v) is 14.7. The van der Waals surface area contributed by atoms with Crippen molar-refractivity contribution in [2.75, 3.05) is 6.67 Å². The van der Waals surface area contributed by atoms with Crippen molar-refractivity contribution in [3.8, 4) is 6.07 Å². The summed E-state index contributed by atoms with van der Waals surface area (Å²) < 4.78 is 12.0. The highest BCUT2D eigenvalue weighted by Gasteiger charge is 2.24. The Morgan fingerprint density at radius 1 is 0.739 bits per heavy atom. The molecule has 0 bridgehead atoms. The third-order valence-corrected chi connectivity index (χ3v) is 6.16. The first kappa shape index (κ1) is 18.5. The Kier molecular flexibility index (Phi) is 8.72. The first-order chi connectivity index (χ1) is 11.3. The Balaban J connectivity index is 1.52. The Labute approximate surface area is 142 Å². The summed E-state index contributed by atoms with van der Waals surface area (Å²) in [5, 5.41) is 8.97. The maximum absolute atomic E-state index is 12.0. The van der Waals surface area contributed by atoms with E-state index >= 15 is 0 Å². The molecule has 0 radical (unpaired) electrons. The highest BCUT2D eigenvalue weighted by Crippen LogP contribution is 2.37. The molecule has 0 heterocycles. The van der Waals surface area contributed by atoms with Crippen LogP contribution in [0.25, 0.3) is 0 Å². The van der Waals surface area contributed by atoms with Gasteiger partial charge in [-0.1, -0.05) is 50.7 Å². The van der Waals surface area contributed by atoms with Crippen LogP contribution in [0, 0.1) is 35.0 Å². The van der Waals surface area contributed by atoms with Crippen LogP contribution in [0.15, 0.2) is 12.2 Å². The lowest BCUT2D eigenvalue weighted by molar-refractivity contribution is 0.223. The van der Waals surface area contributed by atoms with Crippen molar-refractivity contribution < 1.29 is 4.39 Å². The van der Waals surface area contributed by atoms with Crippen molar-refractivity contribution in [1.29, 1.82) is 5.26 Å². The average Bonchev–Trinajstić information content (AvgIpc) is 2.61. The van der Waals surface area contributed by atoms with Crippen molar-refractivity contribution in [2.24, 2.45) is 23.7 Å². The summed E-state index contributed by atoms with van der Waals surface area (Å²) >= 11 is 0. The standard InChI is InChI=1S/C21H34FN/c22-16-4-2-1-3-5-18-6-8-19(9-7-18)10-11-20-12-14-21(17-23)15-13-20/h1-2,18-21H,3-16H2/t18-,19-,20-,21-. The van der Waals surface area contributed by atoms with Crippen molar-refractivity contribution in [1.82, 2.24) is 0 Å². The first-order valence-electron chi connectivity index (χ1n) is 9.92. The van der Waals surface area contributed by atoms with E-state index in [0.29, 0.717) is 12.3 Å². The molecule has 2 saturated carbocycles. The van der Waals surface area contributed by atoms with Gasteiger partial charge in [0.05, 0.1) is 12.7 Å². The average molecular weight is 320 g/mol. The van der Waals surface area contributed by atoms with E-state index in [9.17, 15) is 4.39 Å². The monoisotopic (exact) mass is 319 g/mol. The summed E-state index contributed by atoms with van der Waals surface area (Å²) in [5.41, 5.74) is 0. The van der Waals surface area contributed by atoms with Crippen LogP contribution >= 0.6 is 0 Å². The van der Waals surface area contributed by atoms with Crippen LogP contribution in [-0.4, -0.2) is 6.67 Å². The van der Waals surface area contributed by atoms with Crippen molar-refractivity contribution >= 4 is 0 Å². The topological polar surface area (TPSA) is 23.8 Å². The minimum absolute atomic E-state index is 0.222.